The Morgan fingerprint density at radius 3 is 2.48 bits per heavy atom. The Bertz CT molecular complexity index is 567. The molecule has 0 bridgehead atoms. The molecule has 1 fully saturated rings. The Hall–Kier alpha value is -2.41. The number of nitrogens with zero attached hydrogens (tertiary/aromatic N) is 2. The molecular formula is C14H17N3O4. The van der Waals surface area contributed by atoms with Gasteiger partial charge in [0.05, 0.1) is 18.9 Å². The van der Waals surface area contributed by atoms with Crippen LogP contribution >= 0.6 is 0 Å². The number of carbonyl (C=O) groups is 3. The molecule has 1 aromatic rings. The van der Waals surface area contributed by atoms with Crippen LogP contribution in [-0.4, -0.2) is 48.9 Å². The second kappa shape index (κ2) is 6.36. The van der Waals surface area contributed by atoms with E-state index < -0.39 is 17.7 Å². The Morgan fingerprint density at radius 1 is 1.24 bits per heavy atom. The number of carbonyl (C=O) groups excluding carboxylic acids is 3. The van der Waals surface area contributed by atoms with Gasteiger partial charge in [0.15, 0.2) is 0 Å². The number of morpholine rings is 1. The number of anilines is 2. The molecule has 7 nitrogen and oxygen atoms in total. The van der Waals surface area contributed by atoms with E-state index in [9.17, 15) is 14.4 Å². The highest BCUT2D eigenvalue weighted by Gasteiger charge is 2.31. The van der Waals surface area contributed by atoms with Gasteiger partial charge in [0.2, 0.25) is 5.91 Å². The molecule has 0 radical (unpaired) electrons. The molecule has 21 heavy (non-hydrogen) atoms. The molecule has 1 saturated heterocycles. The van der Waals surface area contributed by atoms with Crippen molar-refractivity contribution in [2.24, 2.45) is 0 Å². The fourth-order valence-electron chi connectivity index (χ4n) is 2.10. The van der Waals surface area contributed by atoms with E-state index in [2.05, 4.69) is 0 Å². The summed E-state index contributed by atoms with van der Waals surface area (Å²) in [5.74, 6) is -2.13. The summed E-state index contributed by atoms with van der Waals surface area (Å²) in [5, 5.41) is 0. The molecule has 0 saturated carbocycles. The third kappa shape index (κ3) is 3.38. The zero-order valence-electron chi connectivity index (χ0n) is 11.7. The van der Waals surface area contributed by atoms with Crippen molar-refractivity contribution in [3.63, 3.8) is 0 Å². The standard InChI is InChI=1S/C14H17N3O4/c1-10(18)17(12-4-2-3-11(15)9-12)14(20)13(19)16-5-7-21-8-6-16/h2-4,9H,5-8,15H2,1H3. The second-order valence-electron chi connectivity index (χ2n) is 4.66. The highest BCUT2D eigenvalue weighted by molar-refractivity contribution is 6.45. The van der Waals surface area contributed by atoms with Gasteiger partial charge in [0.1, 0.15) is 0 Å². The minimum absolute atomic E-state index is 0.286. The van der Waals surface area contributed by atoms with E-state index in [0.29, 0.717) is 32.0 Å². The predicted molar refractivity (Wildman–Crippen MR) is 76.4 cm³/mol. The summed E-state index contributed by atoms with van der Waals surface area (Å²) in [6.45, 7) is 2.68. The molecule has 112 valence electrons. The minimum Gasteiger partial charge on any atom is -0.399 e. The number of imide groups is 1. The monoisotopic (exact) mass is 291 g/mol. The van der Waals surface area contributed by atoms with Gasteiger partial charge in [-0.2, -0.15) is 0 Å². The van der Waals surface area contributed by atoms with Gasteiger partial charge in [-0.15, -0.1) is 0 Å². The van der Waals surface area contributed by atoms with Crippen LogP contribution in [0.3, 0.4) is 0 Å². The lowest BCUT2D eigenvalue weighted by atomic mass is 10.2. The summed E-state index contributed by atoms with van der Waals surface area (Å²) in [7, 11) is 0. The average molecular weight is 291 g/mol. The van der Waals surface area contributed by atoms with Crippen LogP contribution in [0, 0.1) is 0 Å². The van der Waals surface area contributed by atoms with Gasteiger partial charge < -0.3 is 15.4 Å². The van der Waals surface area contributed by atoms with Gasteiger partial charge in [-0.25, -0.2) is 4.90 Å². The van der Waals surface area contributed by atoms with Crippen LogP contribution in [0.5, 0.6) is 0 Å². The van der Waals surface area contributed by atoms with Crippen LogP contribution in [0.1, 0.15) is 6.92 Å². The number of nitrogen functional groups attached to an aromatic ring is 1. The highest BCUT2D eigenvalue weighted by Crippen LogP contribution is 2.18. The van der Waals surface area contributed by atoms with Crippen LogP contribution in [0.4, 0.5) is 11.4 Å². The molecule has 2 rings (SSSR count). The molecule has 1 aliphatic heterocycles. The lowest BCUT2D eigenvalue weighted by molar-refractivity contribution is -0.148. The van der Waals surface area contributed by atoms with E-state index in [1.54, 1.807) is 18.2 Å². The third-order valence-corrected chi connectivity index (χ3v) is 3.13. The summed E-state index contributed by atoms with van der Waals surface area (Å²) in [4.78, 5) is 38.5. The van der Waals surface area contributed by atoms with Crippen LogP contribution in [0.25, 0.3) is 0 Å². The molecule has 7 heteroatoms. The van der Waals surface area contributed by atoms with E-state index in [1.807, 2.05) is 0 Å². The molecule has 1 aromatic carbocycles. The number of rotatable bonds is 1. The first kappa shape index (κ1) is 15.0. The topological polar surface area (TPSA) is 92.9 Å². The summed E-state index contributed by atoms with van der Waals surface area (Å²) in [5.41, 5.74) is 6.35. The quantitative estimate of drug-likeness (QED) is 0.581. The second-order valence-corrected chi connectivity index (χ2v) is 4.66. The van der Waals surface area contributed by atoms with Crippen LogP contribution < -0.4 is 10.6 Å². The first-order valence-corrected chi connectivity index (χ1v) is 6.58. The van der Waals surface area contributed by atoms with Crippen molar-refractivity contribution in [2.75, 3.05) is 36.9 Å². The lowest BCUT2D eigenvalue weighted by Crippen LogP contribution is -2.50. The van der Waals surface area contributed by atoms with Crippen molar-refractivity contribution in [3.8, 4) is 0 Å². The highest BCUT2D eigenvalue weighted by atomic mass is 16.5. The van der Waals surface area contributed by atoms with Gasteiger partial charge in [-0.1, -0.05) is 6.07 Å². The maximum absolute atomic E-state index is 12.3. The van der Waals surface area contributed by atoms with Gasteiger partial charge in [-0.3, -0.25) is 14.4 Å². The predicted octanol–water partition coefficient (Wildman–Crippen LogP) is 0.00710. The first-order chi connectivity index (χ1) is 10.0. The van der Waals surface area contributed by atoms with Crippen molar-refractivity contribution in [2.45, 2.75) is 6.92 Å². The van der Waals surface area contributed by atoms with E-state index in [4.69, 9.17) is 10.5 Å². The maximum atomic E-state index is 12.3. The van der Waals surface area contributed by atoms with E-state index >= 15 is 0 Å². The zero-order valence-corrected chi connectivity index (χ0v) is 11.7. The Kier molecular flexibility index (Phi) is 4.54. The van der Waals surface area contributed by atoms with Crippen molar-refractivity contribution in [3.05, 3.63) is 24.3 Å². The SMILES string of the molecule is CC(=O)N(C(=O)C(=O)N1CCOCC1)c1cccc(N)c1. The van der Waals surface area contributed by atoms with E-state index in [1.165, 1.54) is 17.9 Å². The molecule has 1 aliphatic rings. The minimum atomic E-state index is -0.880. The Labute approximate surface area is 122 Å². The van der Waals surface area contributed by atoms with E-state index in [-0.39, 0.29) is 5.69 Å². The molecule has 0 atom stereocenters. The van der Waals surface area contributed by atoms with Crippen molar-refractivity contribution >= 4 is 29.1 Å². The zero-order chi connectivity index (χ0) is 15.4. The van der Waals surface area contributed by atoms with Gasteiger partial charge in [0, 0.05) is 25.7 Å². The molecule has 0 spiro atoms. The third-order valence-electron chi connectivity index (χ3n) is 3.13. The lowest BCUT2D eigenvalue weighted by Gasteiger charge is -2.28. The molecule has 3 amide bonds. The fourth-order valence-corrected chi connectivity index (χ4v) is 2.10. The fraction of sp³-hybridized carbons (Fsp3) is 0.357. The number of amides is 3. The number of hydrogen-bond donors (Lipinski definition) is 1. The Morgan fingerprint density at radius 2 is 1.90 bits per heavy atom. The molecule has 0 unspecified atom stereocenters. The number of nitrogens with two attached hydrogens (primary N) is 1. The normalized spacial score (nSPS) is 14.6. The van der Waals surface area contributed by atoms with Crippen molar-refractivity contribution < 1.29 is 19.1 Å². The molecular weight excluding hydrogens is 274 g/mol. The van der Waals surface area contributed by atoms with Gasteiger partial charge in [0.25, 0.3) is 0 Å². The summed E-state index contributed by atoms with van der Waals surface area (Å²) >= 11 is 0. The van der Waals surface area contributed by atoms with Gasteiger partial charge >= 0.3 is 11.8 Å². The molecule has 0 aliphatic carbocycles. The van der Waals surface area contributed by atoms with Crippen LogP contribution in [-0.2, 0) is 19.1 Å². The van der Waals surface area contributed by atoms with Crippen LogP contribution in [0.15, 0.2) is 24.3 Å². The summed E-state index contributed by atoms with van der Waals surface area (Å²) in [6, 6.07) is 6.29. The Balaban J connectivity index is 2.23. The maximum Gasteiger partial charge on any atom is 0.323 e. The first-order valence-electron chi connectivity index (χ1n) is 6.58. The molecule has 1 heterocycles. The summed E-state index contributed by atoms with van der Waals surface area (Å²) < 4.78 is 5.14. The number of hydrogen-bond acceptors (Lipinski definition) is 5. The summed E-state index contributed by atoms with van der Waals surface area (Å²) in [6.07, 6.45) is 0. The number of benzene rings is 1. The van der Waals surface area contributed by atoms with Crippen LogP contribution in [0.2, 0.25) is 0 Å². The van der Waals surface area contributed by atoms with Crippen molar-refractivity contribution in [1.82, 2.24) is 4.90 Å². The molecule has 2 N–H and O–H groups in total. The molecule has 0 aromatic heterocycles. The van der Waals surface area contributed by atoms with E-state index in [0.717, 1.165) is 4.90 Å². The average Bonchev–Trinajstić information content (AvgIpc) is 2.47. The smallest absolute Gasteiger partial charge is 0.323 e. The van der Waals surface area contributed by atoms with Gasteiger partial charge in [-0.05, 0) is 18.2 Å². The largest absolute Gasteiger partial charge is 0.399 e. The van der Waals surface area contributed by atoms with Crippen molar-refractivity contribution in [1.29, 1.82) is 0 Å². The number of ether oxygens (including phenoxy) is 1.